The van der Waals surface area contributed by atoms with Gasteiger partial charge in [-0.05, 0) is 39.3 Å². The van der Waals surface area contributed by atoms with E-state index in [-0.39, 0.29) is 21.6 Å². The molecule has 1 amide bonds. The predicted octanol–water partition coefficient (Wildman–Crippen LogP) is 5.24. The summed E-state index contributed by atoms with van der Waals surface area (Å²) in [5.74, 6) is -1.37. The van der Waals surface area contributed by atoms with Gasteiger partial charge in [0.15, 0.2) is 0 Å². The first-order chi connectivity index (χ1) is 15.5. The molecule has 0 spiro atoms. The van der Waals surface area contributed by atoms with Crippen LogP contribution < -0.4 is 4.90 Å². The van der Waals surface area contributed by atoms with Crippen LogP contribution in [0.3, 0.4) is 0 Å². The summed E-state index contributed by atoms with van der Waals surface area (Å²) in [7, 11) is 2.54. The number of hydrogen-bond acceptors (Lipinski definition) is 8. The Hall–Kier alpha value is -2.10. The number of methoxy groups -OCH3 is 2. The molecule has 3 rings (SSSR count). The summed E-state index contributed by atoms with van der Waals surface area (Å²) in [5.41, 5.74) is 2.53. The summed E-state index contributed by atoms with van der Waals surface area (Å²) in [6.07, 6.45) is 0.716. The Labute approximate surface area is 208 Å². The van der Waals surface area contributed by atoms with Crippen LogP contribution in [-0.4, -0.2) is 42.5 Å². The van der Waals surface area contributed by atoms with Crippen LogP contribution in [0.1, 0.15) is 45.2 Å². The third-order valence-electron chi connectivity index (χ3n) is 5.80. The molecule has 33 heavy (non-hydrogen) atoms. The minimum Gasteiger partial charge on any atom is -0.465 e. The number of thioether (sulfide) groups is 2. The van der Waals surface area contributed by atoms with Crippen LogP contribution in [0.4, 0.5) is 5.69 Å². The summed E-state index contributed by atoms with van der Waals surface area (Å²) in [4.78, 5) is 40.9. The van der Waals surface area contributed by atoms with Crippen LogP contribution in [0, 0.1) is 12.8 Å². The third kappa shape index (κ3) is 4.38. The van der Waals surface area contributed by atoms with Gasteiger partial charge in [-0.1, -0.05) is 61.2 Å². The van der Waals surface area contributed by atoms with Crippen LogP contribution in [-0.2, 0) is 23.9 Å². The van der Waals surface area contributed by atoms with Gasteiger partial charge in [0.25, 0.3) is 0 Å². The van der Waals surface area contributed by atoms with Gasteiger partial charge >= 0.3 is 11.9 Å². The molecule has 0 aliphatic carbocycles. The molecule has 0 N–H and O–H groups in total. The number of amides is 1. The number of benzene rings is 1. The molecule has 2 heterocycles. The van der Waals surface area contributed by atoms with Gasteiger partial charge in [-0.15, -0.1) is 0 Å². The lowest BCUT2D eigenvalue weighted by Gasteiger charge is -2.46. The molecule has 6 nitrogen and oxygen atoms in total. The minimum atomic E-state index is -0.791. The Morgan fingerprint density at radius 2 is 1.64 bits per heavy atom. The fraction of sp³-hybridized carbons (Fsp3) is 0.417. The zero-order chi connectivity index (χ0) is 24.7. The molecule has 2 aliphatic heterocycles. The molecule has 0 saturated carbocycles. The van der Waals surface area contributed by atoms with Gasteiger partial charge < -0.3 is 14.4 Å². The second-order valence-electron chi connectivity index (χ2n) is 8.40. The van der Waals surface area contributed by atoms with Crippen molar-refractivity contribution in [2.24, 2.45) is 5.92 Å². The quantitative estimate of drug-likeness (QED) is 0.312. The molecule has 1 aromatic rings. The number of aryl methyl sites for hydroxylation is 1. The number of nitrogens with zero attached hydrogens (tertiary/aromatic N) is 1. The van der Waals surface area contributed by atoms with E-state index in [2.05, 4.69) is 0 Å². The van der Waals surface area contributed by atoms with Crippen molar-refractivity contribution in [1.29, 1.82) is 0 Å². The first-order valence-electron chi connectivity index (χ1n) is 10.5. The van der Waals surface area contributed by atoms with Gasteiger partial charge in [0.1, 0.15) is 9.81 Å². The molecule has 1 atom stereocenters. The number of anilines is 1. The molecule has 0 bridgehead atoms. The van der Waals surface area contributed by atoms with Crippen molar-refractivity contribution in [3.05, 3.63) is 43.4 Å². The topological polar surface area (TPSA) is 72.9 Å². The largest absolute Gasteiger partial charge is 0.465 e. The first kappa shape index (κ1) is 25.5. The van der Waals surface area contributed by atoms with Crippen molar-refractivity contribution in [1.82, 2.24) is 0 Å². The molecule has 0 aromatic heterocycles. The third-order valence-corrected chi connectivity index (χ3v) is 9.06. The van der Waals surface area contributed by atoms with Crippen LogP contribution in [0.5, 0.6) is 0 Å². The number of fused-ring (bicyclic) bond motifs is 1. The number of hydrogen-bond donors (Lipinski definition) is 0. The smallest absolute Gasteiger partial charge is 0.346 e. The van der Waals surface area contributed by atoms with Gasteiger partial charge in [0, 0.05) is 17.1 Å². The highest BCUT2D eigenvalue weighted by Gasteiger charge is 2.46. The SMILES string of the molecule is CCC(C)C(=O)N1c2ccc(C)cc2C(=C2SC(C(=O)OC)=C(C(=O)OC)S2)C(=S)C1(C)C. The molecule has 176 valence electrons. The fourth-order valence-electron chi connectivity index (χ4n) is 3.72. The summed E-state index contributed by atoms with van der Waals surface area (Å²) in [6, 6.07) is 5.90. The number of carbonyl (C=O) groups excluding carboxylic acids is 3. The zero-order valence-corrected chi connectivity index (χ0v) is 22.2. The van der Waals surface area contributed by atoms with E-state index in [1.807, 2.05) is 52.8 Å². The van der Waals surface area contributed by atoms with Crippen molar-refractivity contribution in [3.8, 4) is 0 Å². The van der Waals surface area contributed by atoms with Crippen molar-refractivity contribution >= 4 is 69.7 Å². The number of esters is 2. The van der Waals surface area contributed by atoms with E-state index < -0.39 is 17.5 Å². The maximum absolute atomic E-state index is 13.4. The highest BCUT2D eigenvalue weighted by atomic mass is 32.2. The zero-order valence-electron chi connectivity index (χ0n) is 19.7. The second-order valence-corrected chi connectivity index (χ2v) is 11.1. The average Bonchev–Trinajstić information content (AvgIpc) is 3.23. The number of rotatable bonds is 4. The van der Waals surface area contributed by atoms with Gasteiger partial charge in [0.2, 0.25) is 5.91 Å². The number of carbonyl (C=O) groups is 3. The van der Waals surface area contributed by atoms with Crippen molar-refractivity contribution in [3.63, 3.8) is 0 Å². The normalized spacial score (nSPS) is 18.3. The van der Waals surface area contributed by atoms with Gasteiger partial charge in [-0.25, -0.2) is 9.59 Å². The number of ether oxygens (including phenoxy) is 2. The molecular formula is C24H27NO5S3. The van der Waals surface area contributed by atoms with E-state index in [0.717, 1.165) is 45.9 Å². The van der Waals surface area contributed by atoms with E-state index >= 15 is 0 Å². The van der Waals surface area contributed by atoms with Crippen LogP contribution in [0.2, 0.25) is 0 Å². The van der Waals surface area contributed by atoms with Gasteiger partial charge in [0.05, 0.1) is 34.5 Å². The van der Waals surface area contributed by atoms with E-state index in [9.17, 15) is 14.4 Å². The fourth-order valence-corrected chi connectivity index (χ4v) is 6.76. The van der Waals surface area contributed by atoms with E-state index in [1.165, 1.54) is 14.2 Å². The van der Waals surface area contributed by atoms with E-state index in [1.54, 1.807) is 4.90 Å². The van der Waals surface area contributed by atoms with E-state index in [4.69, 9.17) is 21.7 Å². The lowest BCUT2D eigenvalue weighted by molar-refractivity contribution is -0.138. The summed E-state index contributed by atoms with van der Waals surface area (Å²) in [5, 5.41) is 0. The lowest BCUT2D eigenvalue weighted by Crippen LogP contribution is -2.57. The number of thiocarbonyl (C=S) groups is 1. The molecule has 9 heteroatoms. The molecule has 1 aromatic carbocycles. The van der Waals surface area contributed by atoms with Crippen LogP contribution in [0.25, 0.3) is 5.57 Å². The molecule has 0 radical (unpaired) electrons. The summed E-state index contributed by atoms with van der Waals surface area (Å²) >= 11 is 8.28. The highest BCUT2D eigenvalue weighted by molar-refractivity contribution is 8.29. The Morgan fingerprint density at radius 3 is 2.12 bits per heavy atom. The molecule has 0 saturated heterocycles. The first-order valence-corrected chi connectivity index (χ1v) is 12.5. The average molecular weight is 506 g/mol. The van der Waals surface area contributed by atoms with Gasteiger partial charge in [-0.3, -0.25) is 4.79 Å². The summed E-state index contributed by atoms with van der Waals surface area (Å²) in [6.45, 7) is 9.74. The van der Waals surface area contributed by atoms with Crippen molar-refractivity contribution < 1.29 is 23.9 Å². The lowest BCUT2D eigenvalue weighted by atomic mass is 9.82. The van der Waals surface area contributed by atoms with Crippen LogP contribution >= 0.6 is 35.7 Å². The second kappa shape index (κ2) is 9.64. The maximum Gasteiger partial charge on any atom is 0.346 e. The van der Waals surface area contributed by atoms with Crippen LogP contribution in [0.15, 0.2) is 32.2 Å². The Bertz CT molecular complexity index is 1090. The van der Waals surface area contributed by atoms with E-state index in [0.29, 0.717) is 15.5 Å². The molecular weight excluding hydrogens is 478 g/mol. The standard InChI is InChI=1S/C24H27NO5S3/c1-8-13(3)20(26)25-15-10-9-12(2)11-14(15)16(19(31)24(25,4)5)23-32-17(21(27)29-6)18(33-23)22(28)30-7/h9-11,13H,8H2,1-7H3. The maximum atomic E-state index is 13.4. The molecule has 0 fully saturated rings. The predicted molar refractivity (Wildman–Crippen MR) is 138 cm³/mol. The Balaban J connectivity index is 2.25. The monoisotopic (exact) mass is 505 g/mol. The summed E-state index contributed by atoms with van der Waals surface area (Å²) < 4.78 is 10.5. The van der Waals surface area contributed by atoms with Crippen molar-refractivity contribution in [2.75, 3.05) is 19.1 Å². The van der Waals surface area contributed by atoms with Crippen molar-refractivity contribution in [2.45, 2.75) is 46.6 Å². The molecule has 2 aliphatic rings. The highest BCUT2D eigenvalue weighted by Crippen LogP contribution is 2.56. The minimum absolute atomic E-state index is 0.00866. The Morgan fingerprint density at radius 1 is 1.09 bits per heavy atom. The molecule has 1 unspecified atom stereocenters. The Kier molecular flexibility index (Phi) is 7.45. The van der Waals surface area contributed by atoms with Gasteiger partial charge in [-0.2, -0.15) is 0 Å².